The van der Waals surface area contributed by atoms with Crippen molar-refractivity contribution in [3.05, 3.63) is 27.7 Å². The summed E-state index contributed by atoms with van der Waals surface area (Å²) in [6, 6.07) is 5.00. The molecule has 106 valence electrons. The molecule has 0 radical (unpaired) electrons. The van der Waals surface area contributed by atoms with E-state index in [-0.39, 0.29) is 0 Å². The van der Waals surface area contributed by atoms with Gasteiger partial charge in [0.25, 0.3) is 0 Å². The highest BCUT2D eigenvalue weighted by Crippen LogP contribution is 2.27. The molecule has 1 aromatic rings. The second-order valence-corrected chi connectivity index (χ2v) is 6.81. The van der Waals surface area contributed by atoms with Crippen LogP contribution in [-0.4, -0.2) is 31.1 Å². The second-order valence-electron chi connectivity index (χ2n) is 6.02. The van der Waals surface area contributed by atoms with Crippen LogP contribution in [0.1, 0.15) is 30.9 Å². The Bertz CT molecular complexity index is 421. The van der Waals surface area contributed by atoms with Gasteiger partial charge in [-0.05, 0) is 76.4 Å². The minimum Gasteiger partial charge on any atom is -0.382 e. The summed E-state index contributed by atoms with van der Waals surface area (Å²) in [5, 5.41) is 3.69. The van der Waals surface area contributed by atoms with Gasteiger partial charge in [0.15, 0.2) is 0 Å². The van der Waals surface area contributed by atoms with Crippen molar-refractivity contribution in [1.82, 2.24) is 4.90 Å². The van der Waals surface area contributed by atoms with E-state index in [1.54, 1.807) is 0 Å². The largest absolute Gasteiger partial charge is 0.382 e. The number of benzene rings is 1. The van der Waals surface area contributed by atoms with Gasteiger partial charge < -0.3 is 10.2 Å². The highest BCUT2D eigenvalue weighted by molar-refractivity contribution is 9.10. The van der Waals surface area contributed by atoms with E-state index >= 15 is 0 Å². The molecule has 0 bridgehead atoms. The molecule has 1 aromatic carbocycles. The Balaban J connectivity index is 2.04. The first-order valence-electron chi connectivity index (χ1n) is 7.19. The molecule has 0 spiro atoms. The minimum absolute atomic E-state index is 0.530. The Morgan fingerprint density at radius 3 is 2.53 bits per heavy atom. The van der Waals surface area contributed by atoms with E-state index in [2.05, 4.69) is 66.1 Å². The van der Waals surface area contributed by atoms with Crippen molar-refractivity contribution in [3.63, 3.8) is 0 Å². The van der Waals surface area contributed by atoms with E-state index < -0.39 is 0 Å². The molecule has 1 saturated heterocycles. The third-order valence-corrected chi connectivity index (χ3v) is 5.45. The zero-order chi connectivity index (χ0) is 14.0. The molecule has 2 unspecified atom stereocenters. The maximum atomic E-state index is 3.69. The van der Waals surface area contributed by atoms with Crippen LogP contribution < -0.4 is 5.32 Å². The summed E-state index contributed by atoms with van der Waals surface area (Å²) in [5.74, 6) is 0.753. The molecule has 19 heavy (non-hydrogen) atoms. The number of nitrogens with zero attached hydrogens (tertiary/aromatic N) is 1. The standard InChI is InChI=1S/C16H25BrN2/c1-11-8-15(9-12(2)16(11)17)18-13(3)14-6-5-7-19(4)10-14/h8-9,13-14,18H,5-7,10H2,1-4H3. The maximum absolute atomic E-state index is 3.69. The number of aryl methyl sites for hydroxylation is 2. The molecular formula is C16H25BrN2. The van der Waals surface area contributed by atoms with Crippen molar-refractivity contribution >= 4 is 21.6 Å². The number of rotatable bonds is 3. The molecule has 0 aliphatic carbocycles. The number of hydrogen-bond acceptors (Lipinski definition) is 2. The van der Waals surface area contributed by atoms with Gasteiger partial charge in [-0.3, -0.25) is 0 Å². The van der Waals surface area contributed by atoms with Crippen LogP contribution in [0.4, 0.5) is 5.69 Å². The van der Waals surface area contributed by atoms with Crippen molar-refractivity contribution < 1.29 is 0 Å². The Morgan fingerprint density at radius 2 is 1.95 bits per heavy atom. The Hall–Kier alpha value is -0.540. The van der Waals surface area contributed by atoms with Crippen molar-refractivity contribution in [2.75, 3.05) is 25.5 Å². The lowest BCUT2D eigenvalue weighted by atomic mass is 9.91. The van der Waals surface area contributed by atoms with Crippen molar-refractivity contribution in [2.24, 2.45) is 5.92 Å². The molecule has 1 heterocycles. The predicted molar refractivity (Wildman–Crippen MR) is 86.9 cm³/mol. The fourth-order valence-corrected chi connectivity index (χ4v) is 3.25. The van der Waals surface area contributed by atoms with Gasteiger partial charge in [0.1, 0.15) is 0 Å². The zero-order valence-corrected chi connectivity index (χ0v) is 14.0. The summed E-state index contributed by atoms with van der Waals surface area (Å²) in [4.78, 5) is 2.45. The normalized spacial score (nSPS) is 22.3. The van der Waals surface area contributed by atoms with Gasteiger partial charge in [0.05, 0.1) is 0 Å². The topological polar surface area (TPSA) is 15.3 Å². The Kier molecular flexibility index (Phi) is 4.91. The van der Waals surface area contributed by atoms with Crippen LogP contribution >= 0.6 is 15.9 Å². The van der Waals surface area contributed by atoms with E-state index in [9.17, 15) is 0 Å². The fraction of sp³-hybridized carbons (Fsp3) is 0.625. The first-order valence-corrected chi connectivity index (χ1v) is 7.98. The van der Waals surface area contributed by atoms with Gasteiger partial charge in [-0.15, -0.1) is 0 Å². The molecule has 1 aliphatic rings. The minimum atomic E-state index is 0.530. The summed E-state index contributed by atoms with van der Waals surface area (Å²) in [7, 11) is 2.23. The monoisotopic (exact) mass is 324 g/mol. The molecule has 1 N–H and O–H groups in total. The summed E-state index contributed by atoms with van der Waals surface area (Å²) >= 11 is 3.63. The van der Waals surface area contributed by atoms with Crippen molar-refractivity contribution in [1.29, 1.82) is 0 Å². The fourth-order valence-electron chi connectivity index (χ4n) is 3.02. The quantitative estimate of drug-likeness (QED) is 0.896. The van der Waals surface area contributed by atoms with E-state index in [1.807, 2.05) is 0 Å². The number of hydrogen-bond donors (Lipinski definition) is 1. The van der Waals surface area contributed by atoms with Gasteiger partial charge in [-0.1, -0.05) is 15.9 Å². The van der Waals surface area contributed by atoms with Crippen LogP contribution in [0.15, 0.2) is 16.6 Å². The molecule has 2 atom stereocenters. The second kappa shape index (κ2) is 6.27. The lowest BCUT2D eigenvalue weighted by Crippen LogP contribution is -2.39. The molecule has 1 aliphatic heterocycles. The average molecular weight is 325 g/mol. The van der Waals surface area contributed by atoms with Gasteiger partial charge in [0.2, 0.25) is 0 Å². The first-order chi connectivity index (χ1) is 8.97. The van der Waals surface area contributed by atoms with Gasteiger partial charge >= 0.3 is 0 Å². The van der Waals surface area contributed by atoms with Crippen molar-refractivity contribution in [3.8, 4) is 0 Å². The molecule has 0 aromatic heterocycles. The molecule has 1 fully saturated rings. The average Bonchev–Trinajstić information content (AvgIpc) is 2.36. The Labute approximate surface area is 125 Å². The highest BCUT2D eigenvalue weighted by atomic mass is 79.9. The number of anilines is 1. The number of nitrogens with one attached hydrogen (secondary N) is 1. The van der Waals surface area contributed by atoms with Crippen LogP contribution in [0, 0.1) is 19.8 Å². The van der Waals surface area contributed by atoms with Crippen LogP contribution in [-0.2, 0) is 0 Å². The smallest absolute Gasteiger partial charge is 0.0348 e. The lowest BCUT2D eigenvalue weighted by Gasteiger charge is -2.34. The summed E-state index contributed by atoms with van der Waals surface area (Å²) in [6.07, 6.45) is 2.67. The summed E-state index contributed by atoms with van der Waals surface area (Å²) in [6.45, 7) is 9.08. The van der Waals surface area contributed by atoms with Crippen LogP contribution in [0.3, 0.4) is 0 Å². The number of piperidine rings is 1. The molecule has 3 heteroatoms. The zero-order valence-electron chi connectivity index (χ0n) is 12.5. The van der Waals surface area contributed by atoms with Gasteiger partial charge in [0, 0.05) is 22.7 Å². The van der Waals surface area contributed by atoms with E-state index in [4.69, 9.17) is 0 Å². The lowest BCUT2D eigenvalue weighted by molar-refractivity contribution is 0.197. The molecule has 0 amide bonds. The summed E-state index contributed by atoms with van der Waals surface area (Å²) in [5.41, 5.74) is 3.85. The van der Waals surface area contributed by atoms with Crippen LogP contribution in [0.5, 0.6) is 0 Å². The number of halogens is 1. The third-order valence-electron chi connectivity index (χ3n) is 4.20. The maximum Gasteiger partial charge on any atom is 0.0348 e. The molecule has 0 saturated carbocycles. The van der Waals surface area contributed by atoms with E-state index in [0.29, 0.717) is 6.04 Å². The number of likely N-dealkylation sites (tertiary alicyclic amines) is 1. The third kappa shape index (κ3) is 3.73. The van der Waals surface area contributed by atoms with E-state index in [1.165, 1.54) is 47.2 Å². The highest BCUT2D eigenvalue weighted by Gasteiger charge is 2.22. The Morgan fingerprint density at radius 1 is 1.32 bits per heavy atom. The molecular weight excluding hydrogens is 300 g/mol. The van der Waals surface area contributed by atoms with Crippen LogP contribution in [0.2, 0.25) is 0 Å². The predicted octanol–water partition coefficient (Wildman–Crippen LogP) is 4.21. The molecule has 2 nitrogen and oxygen atoms in total. The van der Waals surface area contributed by atoms with Crippen LogP contribution in [0.25, 0.3) is 0 Å². The van der Waals surface area contributed by atoms with Gasteiger partial charge in [-0.25, -0.2) is 0 Å². The van der Waals surface area contributed by atoms with Crippen molar-refractivity contribution in [2.45, 2.75) is 39.7 Å². The molecule has 2 rings (SSSR count). The van der Waals surface area contributed by atoms with Gasteiger partial charge in [-0.2, -0.15) is 0 Å². The van der Waals surface area contributed by atoms with E-state index in [0.717, 1.165) is 5.92 Å². The SMILES string of the molecule is Cc1cc(NC(C)C2CCCN(C)C2)cc(C)c1Br. The summed E-state index contributed by atoms with van der Waals surface area (Å²) < 4.78 is 1.23. The first kappa shape index (κ1) is 14.9.